The summed E-state index contributed by atoms with van der Waals surface area (Å²) in [5.74, 6) is 2.61. The highest BCUT2D eigenvalue weighted by Gasteiger charge is 2.35. The predicted molar refractivity (Wildman–Crippen MR) is 112 cm³/mol. The third-order valence-electron chi connectivity index (χ3n) is 5.35. The molecule has 3 rings (SSSR count). The van der Waals surface area contributed by atoms with Gasteiger partial charge >= 0.3 is 0 Å². The number of hydrogen-bond donors (Lipinski definition) is 2. The molecular formula is C19H29IN4O. The van der Waals surface area contributed by atoms with E-state index in [0.717, 1.165) is 36.4 Å². The molecule has 138 valence electrons. The average Bonchev–Trinajstić information content (AvgIpc) is 3.05. The molecule has 0 spiro atoms. The molecule has 2 unspecified atom stereocenters. The molecule has 1 heterocycles. The lowest BCUT2D eigenvalue weighted by Crippen LogP contribution is -2.39. The smallest absolute Gasteiger partial charge is 0.251 e. The number of nitrogens with one attached hydrogen (secondary N) is 2. The normalized spacial score (nSPS) is 22.8. The number of carbonyl (C=O) groups excluding carboxylic acids is 1. The predicted octanol–water partition coefficient (Wildman–Crippen LogP) is 2.86. The van der Waals surface area contributed by atoms with Crippen molar-refractivity contribution < 1.29 is 4.79 Å². The van der Waals surface area contributed by atoms with Crippen LogP contribution in [-0.4, -0.2) is 44.0 Å². The van der Waals surface area contributed by atoms with E-state index >= 15 is 0 Å². The van der Waals surface area contributed by atoms with Crippen LogP contribution < -0.4 is 10.6 Å². The van der Waals surface area contributed by atoms with Crippen LogP contribution in [0.3, 0.4) is 0 Å². The molecule has 2 N–H and O–H groups in total. The Morgan fingerprint density at radius 2 is 1.92 bits per heavy atom. The summed E-state index contributed by atoms with van der Waals surface area (Å²) in [6.07, 6.45) is 5.50. The minimum absolute atomic E-state index is 0. The number of amides is 1. The quantitative estimate of drug-likeness (QED) is 0.418. The standard InChI is InChI=1S/C19H28N4O.HI/c1-20-18(24)15-9-5-6-14(10-15)11-22-19(21-2)23-12-16-7-3-4-8-17(16)13-23;/h5-6,9-10,16-17H,3-4,7-8,11-13H2,1-2H3,(H,20,24)(H,21,22);1H. The first-order chi connectivity index (χ1) is 11.7. The van der Waals surface area contributed by atoms with Crippen molar-refractivity contribution in [2.45, 2.75) is 32.2 Å². The summed E-state index contributed by atoms with van der Waals surface area (Å²) in [6, 6.07) is 7.73. The number of fused-ring (bicyclic) bond motifs is 1. The number of hydrogen-bond acceptors (Lipinski definition) is 2. The fraction of sp³-hybridized carbons (Fsp3) is 0.579. The Hall–Kier alpha value is -1.31. The maximum Gasteiger partial charge on any atom is 0.251 e. The number of aliphatic imine (C=N–C) groups is 1. The molecule has 1 amide bonds. The van der Waals surface area contributed by atoms with Gasteiger partial charge in [-0.05, 0) is 42.4 Å². The lowest BCUT2D eigenvalue weighted by molar-refractivity contribution is 0.0963. The molecule has 2 aliphatic rings. The highest BCUT2D eigenvalue weighted by Crippen LogP contribution is 2.35. The molecule has 2 fully saturated rings. The van der Waals surface area contributed by atoms with Gasteiger partial charge < -0.3 is 15.5 Å². The Morgan fingerprint density at radius 3 is 2.52 bits per heavy atom. The number of benzene rings is 1. The van der Waals surface area contributed by atoms with Crippen LogP contribution in [-0.2, 0) is 6.54 Å². The molecule has 2 atom stereocenters. The number of nitrogens with zero attached hydrogens (tertiary/aromatic N) is 2. The van der Waals surface area contributed by atoms with Gasteiger partial charge in [0, 0.05) is 39.3 Å². The van der Waals surface area contributed by atoms with Gasteiger partial charge in [0.2, 0.25) is 0 Å². The van der Waals surface area contributed by atoms with E-state index in [-0.39, 0.29) is 29.9 Å². The highest BCUT2D eigenvalue weighted by molar-refractivity contribution is 14.0. The zero-order valence-electron chi connectivity index (χ0n) is 15.1. The van der Waals surface area contributed by atoms with Crippen molar-refractivity contribution in [3.05, 3.63) is 35.4 Å². The molecule has 1 saturated heterocycles. The van der Waals surface area contributed by atoms with E-state index in [1.807, 2.05) is 31.3 Å². The fourth-order valence-electron chi connectivity index (χ4n) is 4.06. The molecule has 1 aromatic carbocycles. The monoisotopic (exact) mass is 456 g/mol. The van der Waals surface area contributed by atoms with Gasteiger partial charge in [-0.1, -0.05) is 25.0 Å². The summed E-state index contributed by atoms with van der Waals surface area (Å²) >= 11 is 0. The Kier molecular flexibility index (Phi) is 7.53. The van der Waals surface area contributed by atoms with Gasteiger partial charge in [-0.3, -0.25) is 9.79 Å². The summed E-state index contributed by atoms with van der Waals surface area (Å²) < 4.78 is 0. The molecule has 0 bridgehead atoms. The summed E-state index contributed by atoms with van der Waals surface area (Å²) in [4.78, 5) is 18.6. The zero-order valence-corrected chi connectivity index (χ0v) is 17.5. The first-order valence-electron chi connectivity index (χ1n) is 8.98. The molecule has 1 aliphatic carbocycles. The summed E-state index contributed by atoms with van der Waals surface area (Å²) in [5, 5.41) is 6.13. The third kappa shape index (κ3) is 4.86. The van der Waals surface area contributed by atoms with Gasteiger partial charge in [0.25, 0.3) is 5.91 Å². The molecule has 1 aliphatic heterocycles. The lowest BCUT2D eigenvalue weighted by Gasteiger charge is -2.22. The number of likely N-dealkylation sites (tertiary alicyclic amines) is 1. The van der Waals surface area contributed by atoms with Crippen LogP contribution in [0.1, 0.15) is 41.6 Å². The van der Waals surface area contributed by atoms with Crippen molar-refractivity contribution in [2.75, 3.05) is 27.2 Å². The Labute approximate surface area is 167 Å². The number of guanidine groups is 1. The van der Waals surface area contributed by atoms with E-state index < -0.39 is 0 Å². The van der Waals surface area contributed by atoms with Crippen molar-refractivity contribution in [3.8, 4) is 0 Å². The van der Waals surface area contributed by atoms with Crippen LogP contribution in [0.15, 0.2) is 29.3 Å². The van der Waals surface area contributed by atoms with E-state index in [9.17, 15) is 4.79 Å². The van der Waals surface area contributed by atoms with Crippen LogP contribution >= 0.6 is 24.0 Å². The van der Waals surface area contributed by atoms with Gasteiger partial charge in [0.1, 0.15) is 0 Å². The van der Waals surface area contributed by atoms with Gasteiger partial charge in [-0.25, -0.2) is 0 Å². The number of carbonyl (C=O) groups is 1. The lowest BCUT2D eigenvalue weighted by atomic mass is 9.82. The topological polar surface area (TPSA) is 56.7 Å². The molecule has 1 saturated carbocycles. The van der Waals surface area contributed by atoms with E-state index in [4.69, 9.17) is 0 Å². The number of halogens is 1. The third-order valence-corrected chi connectivity index (χ3v) is 5.35. The summed E-state index contributed by atoms with van der Waals surface area (Å²) in [6.45, 7) is 2.94. The van der Waals surface area contributed by atoms with Crippen molar-refractivity contribution in [2.24, 2.45) is 16.8 Å². The van der Waals surface area contributed by atoms with Crippen molar-refractivity contribution in [3.63, 3.8) is 0 Å². The van der Waals surface area contributed by atoms with Gasteiger partial charge in [-0.15, -0.1) is 24.0 Å². The highest BCUT2D eigenvalue weighted by atomic mass is 127. The SMILES string of the molecule is CN=C(NCc1cccc(C(=O)NC)c1)N1CC2CCCCC2C1.I. The van der Waals surface area contributed by atoms with Crippen molar-refractivity contribution >= 4 is 35.8 Å². The average molecular weight is 456 g/mol. The van der Waals surface area contributed by atoms with Crippen molar-refractivity contribution in [1.29, 1.82) is 0 Å². The summed E-state index contributed by atoms with van der Waals surface area (Å²) in [5.41, 5.74) is 1.79. The van der Waals surface area contributed by atoms with E-state index in [2.05, 4.69) is 20.5 Å². The minimum atomic E-state index is -0.0511. The maximum absolute atomic E-state index is 11.7. The first kappa shape index (κ1) is 20.0. The molecular weight excluding hydrogens is 427 g/mol. The van der Waals surface area contributed by atoms with Crippen LogP contribution in [0.2, 0.25) is 0 Å². The Bertz CT molecular complexity index is 605. The second-order valence-electron chi connectivity index (χ2n) is 6.89. The largest absolute Gasteiger partial charge is 0.355 e. The molecule has 25 heavy (non-hydrogen) atoms. The zero-order chi connectivity index (χ0) is 16.9. The van der Waals surface area contributed by atoms with Gasteiger partial charge in [0.05, 0.1) is 0 Å². The van der Waals surface area contributed by atoms with E-state index in [1.54, 1.807) is 7.05 Å². The molecule has 1 aromatic rings. The van der Waals surface area contributed by atoms with Crippen LogP contribution in [0.5, 0.6) is 0 Å². The second kappa shape index (κ2) is 9.40. The van der Waals surface area contributed by atoms with Crippen LogP contribution in [0.25, 0.3) is 0 Å². The van der Waals surface area contributed by atoms with E-state index in [1.165, 1.54) is 25.7 Å². The van der Waals surface area contributed by atoms with Crippen LogP contribution in [0, 0.1) is 11.8 Å². The maximum atomic E-state index is 11.7. The Morgan fingerprint density at radius 1 is 1.24 bits per heavy atom. The van der Waals surface area contributed by atoms with Crippen molar-refractivity contribution in [1.82, 2.24) is 15.5 Å². The van der Waals surface area contributed by atoms with Gasteiger partial charge in [0.15, 0.2) is 5.96 Å². The molecule has 5 nitrogen and oxygen atoms in total. The summed E-state index contributed by atoms with van der Waals surface area (Å²) in [7, 11) is 3.51. The van der Waals surface area contributed by atoms with Crippen LogP contribution in [0.4, 0.5) is 0 Å². The Balaban J connectivity index is 0.00000225. The van der Waals surface area contributed by atoms with Gasteiger partial charge in [-0.2, -0.15) is 0 Å². The molecule has 0 radical (unpaired) electrons. The minimum Gasteiger partial charge on any atom is -0.355 e. The first-order valence-corrected chi connectivity index (χ1v) is 8.98. The fourth-order valence-corrected chi connectivity index (χ4v) is 4.06. The molecule has 6 heteroatoms. The molecule has 0 aromatic heterocycles. The van der Waals surface area contributed by atoms with E-state index in [0.29, 0.717) is 12.1 Å². The second-order valence-corrected chi connectivity index (χ2v) is 6.89. The number of rotatable bonds is 3.